The first-order valence-electron chi connectivity index (χ1n) is 5.06. The number of hydrogen-bond donors (Lipinski definition) is 0. The van der Waals surface area contributed by atoms with Gasteiger partial charge in [-0.25, -0.2) is 0 Å². The third kappa shape index (κ3) is 0.890. The summed E-state index contributed by atoms with van der Waals surface area (Å²) in [7, 11) is 0. The van der Waals surface area contributed by atoms with Gasteiger partial charge in [0.15, 0.2) is 0 Å². The molecule has 0 aliphatic heterocycles. The minimum atomic E-state index is -0.325. The van der Waals surface area contributed by atoms with E-state index in [1.165, 1.54) is 0 Å². The van der Waals surface area contributed by atoms with Gasteiger partial charge in [0, 0.05) is 11.3 Å². The molecule has 72 valence electrons. The summed E-state index contributed by atoms with van der Waals surface area (Å²) in [4.78, 5) is 23.7. The summed E-state index contributed by atoms with van der Waals surface area (Å²) in [5.41, 5.74) is -0.325. The third-order valence-corrected chi connectivity index (χ3v) is 4.22. The standard InChI is InChI=1S/C11H16O2/c1-6-4-5-11(3)7(2)9(12)8(6)10(11)13/h6-8H,4-5H2,1-3H3. The molecule has 0 saturated heterocycles. The van der Waals surface area contributed by atoms with Crippen LogP contribution in [0.4, 0.5) is 0 Å². The summed E-state index contributed by atoms with van der Waals surface area (Å²) in [6.45, 7) is 5.90. The van der Waals surface area contributed by atoms with Crippen LogP contribution in [0.5, 0.6) is 0 Å². The molecular weight excluding hydrogens is 164 g/mol. The van der Waals surface area contributed by atoms with Gasteiger partial charge >= 0.3 is 0 Å². The van der Waals surface area contributed by atoms with Gasteiger partial charge in [0.2, 0.25) is 0 Å². The van der Waals surface area contributed by atoms with E-state index < -0.39 is 0 Å². The molecule has 13 heavy (non-hydrogen) atoms. The van der Waals surface area contributed by atoms with Gasteiger partial charge in [-0.15, -0.1) is 0 Å². The average Bonchev–Trinajstić information content (AvgIpc) is 2.19. The molecule has 2 aliphatic carbocycles. The van der Waals surface area contributed by atoms with Crippen LogP contribution < -0.4 is 0 Å². The predicted molar refractivity (Wildman–Crippen MR) is 49.2 cm³/mol. The Hall–Kier alpha value is -0.660. The van der Waals surface area contributed by atoms with E-state index in [1.807, 2.05) is 20.8 Å². The highest BCUT2D eigenvalue weighted by atomic mass is 16.2. The van der Waals surface area contributed by atoms with Crippen LogP contribution >= 0.6 is 0 Å². The van der Waals surface area contributed by atoms with Crippen molar-refractivity contribution in [3.63, 3.8) is 0 Å². The van der Waals surface area contributed by atoms with E-state index in [1.54, 1.807) is 0 Å². The second-order valence-corrected chi connectivity index (χ2v) is 4.90. The van der Waals surface area contributed by atoms with Crippen LogP contribution in [-0.4, -0.2) is 11.6 Å². The van der Waals surface area contributed by atoms with Crippen molar-refractivity contribution in [3.05, 3.63) is 0 Å². The zero-order valence-electron chi connectivity index (χ0n) is 8.46. The van der Waals surface area contributed by atoms with Gasteiger partial charge in [-0.05, 0) is 18.8 Å². The fourth-order valence-corrected chi connectivity index (χ4v) is 2.85. The quantitative estimate of drug-likeness (QED) is 0.533. The Kier molecular flexibility index (Phi) is 1.67. The van der Waals surface area contributed by atoms with Gasteiger partial charge in [0.25, 0.3) is 0 Å². The number of ketones is 2. The Morgan fingerprint density at radius 3 is 2.46 bits per heavy atom. The first-order chi connectivity index (χ1) is 5.98. The van der Waals surface area contributed by atoms with Crippen molar-refractivity contribution < 1.29 is 9.59 Å². The van der Waals surface area contributed by atoms with E-state index in [-0.39, 0.29) is 34.7 Å². The minimum Gasteiger partial charge on any atom is -0.299 e. The van der Waals surface area contributed by atoms with Gasteiger partial charge in [-0.1, -0.05) is 20.8 Å². The lowest BCUT2D eigenvalue weighted by atomic mass is 9.70. The van der Waals surface area contributed by atoms with E-state index in [0.29, 0.717) is 0 Å². The van der Waals surface area contributed by atoms with Crippen molar-refractivity contribution >= 4 is 11.6 Å². The number of carbonyl (C=O) groups excluding carboxylic acids is 2. The summed E-state index contributed by atoms with van der Waals surface area (Å²) in [5.74, 6) is 0.364. The fraction of sp³-hybridized carbons (Fsp3) is 0.818. The van der Waals surface area contributed by atoms with E-state index in [0.717, 1.165) is 12.8 Å². The molecule has 2 heteroatoms. The van der Waals surface area contributed by atoms with Crippen LogP contribution in [0.3, 0.4) is 0 Å². The first kappa shape index (κ1) is 8.92. The molecule has 0 spiro atoms. The molecule has 2 bridgehead atoms. The highest BCUT2D eigenvalue weighted by Gasteiger charge is 2.58. The van der Waals surface area contributed by atoms with E-state index in [9.17, 15) is 9.59 Å². The highest BCUT2D eigenvalue weighted by Crippen LogP contribution is 2.51. The molecular formula is C11H16O2. The maximum absolute atomic E-state index is 11.9. The lowest BCUT2D eigenvalue weighted by Crippen LogP contribution is -2.35. The van der Waals surface area contributed by atoms with Gasteiger partial charge in [-0.2, -0.15) is 0 Å². The Balaban J connectivity index is 2.47. The second-order valence-electron chi connectivity index (χ2n) is 4.90. The summed E-state index contributed by atoms with van der Waals surface area (Å²) in [5, 5.41) is 0. The van der Waals surface area contributed by atoms with Crippen LogP contribution in [-0.2, 0) is 9.59 Å². The molecule has 2 rings (SSSR count). The molecule has 2 saturated carbocycles. The molecule has 0 N–H and O–H groups in total. The molecule has 2 fully saturated rings. The highest BCUT2D eigenvalue weighted by molar-refractivity contribution is 6.13. The SMILES string of the molecule is CC1CCC2(C)C(=O)C1C(=O)C2C. The maximum Gasteiger partial charge on any atom is 0.150 e. The van der Waals surface area contributed by atoms with Crippen LogP contribution in [0, 0.1) is 23.2 Å². The number of hydrogen-bond acceptors (Lipinski definition) is 2. The smallest absolute Gasteiger partial charge is 0.150 e. The lowest BCUT2D eigenvalue weighted by Gasteiger charge is -2.31. The first-order valence-corrected chi connectivity index (χ1v) is 5.06. The molecule has 0 amide bonds. The van der Waals surface area contributed by atoms with Gasteiger partial charge < -0.3 is 0 Å². The molecule has 0 radical (unpaired) electrons. The monoisotopic (exact) mass is 180 g/mol. The lowest BCUT2D eigenvalue weighted by molar-refractivity contribution is -0.134. The number of rotatable bonds is 0. The predicted octanol–water partition coefficient (Wildman–Crippen LogP) is 1.83. The van der Waals surface area contributed by atoms with Crippen LogP contribution in [0.2, 0.25) is 0 Å². The molecule has 4 atom stereocenters. The Labute approximate surface area is 78.7 Å². The molecule has 2 aliphatic rings. The van der Waals surface area contributed by atoms with Gasteiger partial charge in [0.05, 0.1) is 5.92 Å². The van der Waals surface area contributed by atoms with Gasteiger partial charge in [0.1, 0.15) is 11.6 Å². The van der Waals surface area contributed by atoms with Crippen LogP contribution in [0.25, 0.3) is 0 Å². The van der Waals surface area contributed by atoms with Crippen molar-refractivity contribution in [1.29, 1.82) is 0 Å². The average molecular weight is 180 g/mol. The van der Waals surface area contributed by atoms with Crippen molar-refractivity contribution in [1.82, 2.24) is 0 Å². The summed E-state index contributed by atoms with van der Waals surface area (Å²) >= 11 is 0. The summed E-state index contributed by atoms with van der Waals surface area (Å²) < 4.78 is 0. The zero-order valence-corrected chi connectivity index (χ0v) is 8.46. The minimum absolute atomic E-state index is 0.0463. The topological polar surface area (TPSA) is 34.1 Å². The molecule has 0 aromatic heterocycles. The number of carbonyl (C=O) groups is 2. The number of Topliss-reactive ketones (excluding diaryl/α,β-unsaturated/α-hetero) is 2. The van der Waals surface area contributed by atoms with Crippen molar-refractivity contribution in [2.75, 3.05) is 0 Å². The van der Waals surface area contributed by atoms with E-state index >= 15 is 0 Å². The Bertz CT molecular complexity index is 282. The van der Waals surface area contributed by atoms with Crippen molar-refractivity contribution in [3.8, 4) is 0 Å². The largest absolute Gasteiger partial charge is 0.299 e. The molecule has 2 nitrogen and oxygen atoms in total. The number of fused-ring (bicyclic) bond motifs is 2. The fourth-order valence-electron chi connectivity index (χ4n) is 2.85. The Morgan fingerprint density at radius 2 is 1.92 bits per heavy atom. The van der Waals surface area contributed by atoms with Crippen LogP contribution in [0.15, 0.2) is 0 Å². The summed E-state index contributed by atoms with van der Waals surface area (Å²) in [6, 6.07) is 0. The molecule has 0 aromatic rings. The zero-order chi connectivity index (χ0) is 9.80. The molecule has 0 heterocycles. The molecule has 0 aromatic carbocycles. The van der Waals surface area contributed by atoms with Crippen molar-refractivity contribution in [2.24, 2.45) is 23.2 Å². The van der Waals surface area contributed by atoms with Crippen molar-refractivity contribution in [2.45, 2.75) is 33.6 Å². The second kappa shape index (κ2) is 2.43. The summed E-state index contributed by atoms with van der Waals surface area (Å²) in [6.07, 6.45) is 1.93. The van der Waals surface area contributed by atoms with E-state index in [2.05, 4.69) is 0 Å². The maximum atomic E-state index is 11.9. The molecule has 4 unspecified atom stereocenters. The van der Waals surface area contributed by atoms with Crippen LogP contribution in [0.1, 0.15) is 33.6 Å². The van der Waals surface area contributed by atoms with E-state index in [4.69, 9.17) is 0 Å². The normalized spacial score (nSPS) is 49.9. The van der Waals surface area contributed by atoms with Gasteiger partial charge in [-0.3, -0.25) is 9.59 Å². The Morgan fingerprint density at radius 1 is 1.31 bits per heavy atom. The third-order valence-electron chi connectivity index (χ3n) is 4.22.